The summed E-state index contributed by atoms with van der Waals surface area (Å²) in [5, 5.41) is 4.39. The molecule has 78 valence electrons. The van der Waals surface area contributed by atoms with Crippen molar-refractivity contribution in [2.24, 2.45) is 5.41 Å². The lowest BCUT2D eigenvalue weighted by molar-refractivity contribution is 0.0966. The van der Waals surface area contributed by atoms with Gasteiger partial charge in [-0.05, 0) is 11.8 Å². The Bertz CT molecular complexity index is 168. The fraction of sp³-hybridized carbons (Fsp3) is 1.00. The quantitative estimate of drug-likeness (QED) is 0.718. The van der Waals surface area contributed by atoms with Gasteiger partial charge in [-0.1, -0.05) is 27.2 Å². The van der Waals surface area contributed by atoms with E-state index in [4.69, 9.17) is 0 Å². The van der Waals surface area contributed by atoms with E-state index in [-0.39, 0.29) is 0 Å². The summed E-state index contributed by atoms with van der Waals surface area (Å²) in [5.74, 6) is 0. The number of likely N-dealkylation sites (N-methyl/N-ethyl adjacent to an activating group) is 2. The number of nitrogens with zero attached hydrogens (tertiary/aromatic N) is 2. The van der Waals surface area contributed by atoms with E-state index in [0.717, 1.165) is 6.54 Å². The van der Waals surface area contributed by atoms with Gasteiger partial charge in [0.25, 0.3) is 0 Å². The Hall–Kier alpha value is -0.120. The Kier molecular flexibility index (Phi) is 3.33. The average molecular weight is 185 g/mol. The number of hydrogen-bond acceptors (Lipinski definition) is 3. The molecule has 1 heterocycles. The first-order valence-electron chi connectivity index (χ1n) is 5.17. The van der Waals surface area contributed by atoms with Crippen LogP contribution in [-0.2, 0) is 0 Å². The smallest absolute Gasteiger partial charge is 0.0446 e. The third-order valence-electron chi connectivity index (χ3n) is 3.04. The summed E-state index contributed by atoms with van der Waals surface area (Å²) in [5.41, 5.74) is 3.70. The third kappa shape index (κ3) is 2.42. The zero-order chi connectivity index (χ0) is 10.1. The Labute approximate surface area is 82.0 Å². The predicted octanol–water partition coefficient (Wildman–Crippen LogP) is 1.48. The lowest BCUT2D eigenvalue weighted by Gasteiger charge is -2.34. The van der Waals surface area contributed by atoms with Crippen molar-refractivity contribution in [2.45, 2.75) is 39.7 Å². The van der Waals surface area contributed by atoms with Gasteiger partial charge in [-0.2, -0.15) is 5.53 Å². The standard InChI is InChI=1S/C10H23N3/c1-6-7-10(2,3)9-8-12(4)11-13(9)5/h9,11H,6-8H2,1-5H3. The number of rotatable bonds is 3. The predicted molar refractivity (Wildman–Crippen MR) is 56.0 cm³/mol. The summed E-state index contributed by atoms with van der Waals surface area (Å²) in [6, 6.07) is 0.623. The van der Waals surface area contributed by atoms with Crippen LogP contribution in [0, 0.1) is 5.41 Å². The second-order valence-corrected chi connectivity index (χ2v) is 4.85. The summed E-state index contributed by atoms with van der Waals surface area (Å²) in [4.78, 5) is 0. The van der Waals surface area contributed by atoms with Crippen LogP contribution in [0.25, 0.3) is 0 Å². The van der Waals surface area contributed by atoms with Gasteiger partial charge in [0.15, 0.2) is 0 Å². The highest BCUT2D eigenvalue weighted by atomic mass is 15.8. The molecular formula is C10H23N3. The maximum atomic E-state index is 3.30. The van der Waals surface area contributed by atoms with Crippen molar-refractivity contribution in [2.75, 3.05) is 20.6 Å². The van der Waals surface area contributed by atoms with Crippen LogP contribution in [0.15, 0.2) is 0 Å². The molecule has 0 amide bonds. The molecule has 0 saturated carbocycles. The Morgan fingerprint density at radius 2 is 2.00 bits per heavy atom. The lowest BCUT2D eigenvalue weighted by Crippen LogP contribution is -2.43. The molecule has 1 unspecified atom stereocenters. The SMILES string of the molecule is CCCC(C)(C)C1CN(C)NN1C. The van der Waals surface area contributed by atoms with E-state index in [2.05, 4.69) is 50.4 Å². The van der Waals surface area contributed by atoms with Crippen molar-refractivity contribution in [3.63, 3.8) is 0 Å². The highest BCUT2D eigenvalue weighted by Crippen LogP contribution is 2.31. The molecule has 1 aliphatic rings. The van der Waals surface area contributed by atoms with Gasteiger partial charge in [-0.3, -0.25) is 0 Å². The first kappa shape index (κ1) is 11.0. The fourth-order valence-electron chi connectivity index (χ4n) is 2.34. The molecule has 3 nitrogen and oxygen atoms in total. The number of hydrazine groups is 2. The van der Waals surface area contributed by atoms with Crippen molar-refractivity contribution in [3.8, 4) is 0 Å². The van der Waals surface area contributed by atoms with Crippen LogP contribution in [0.3, 0.4) is 0 Å². The van der Waals surface area contributed by atoms with Gasteiger partial charge >= 0.3 is 0 Å². The van der Waals surface area contributed by atoms with E-state index in [1.807, 2.05) is 0 Å². The summed E-state index contributed by atoms with van der Waals surface area (Å²) in [7, 11) is 4.23. The van der Waals surface area contributed by atoms with Gasteiger partial charge in [0.05, 0.1) is 0 Å². The molecule has 1 N–H and O–H groups in total. The highest BCUT2D eigenvalue weighted by Gasteiger charge is 2.36. The molecule has 1 saturated heterocycles. The minimum Gasteiger partial charge on any atom is -0.232 e. The van der Waals surface area contributed by atoms with E-state index >= 15 is 0 Å². The van der Waals surface area contributed by atoms with E-state index in [0.29, 0.717) is 11.5 Å². The third-order valence-corrected chi connectivity index (χ3v) is 3.04. The van der Waals surface area contributed by atoms with Crippen molar-refractivity contribution < 1.29 is 0 Å². The van der Waals surface area contributed by atoms with Gasteiger partial charge < -0.3 is 0 Å². The molecular weight excluding hydrogens is 162 g/mol. The van der Waals surface area contributed by atoms with Crippen LogP contribution in [0.1, 0.15) is 33.6 Å². The first-order chi connectivity index (χ1) is 5.97. The van der Waals surface area contributed by atoms with Gasteiger partial charge in [0.2, 0.25) is 0 Å². The number of nitrogens with one attached hydrogen (secondary N) is 1. The zero-order valence-electron chi connectivity index (χ0n) is 9.59. The van der Waals surface area contributed by atoms with Crippen molar-refractivity contribution in [3.05, 3.63) is 0 Å². The van der Waals surface area contributed by atoms with E-state index in [9.17, 15) is 0 Å². The summed E-state index contributed by atoms with van der Waals surface area (Å²) >= 11 is 0. The normalized spacial score (nSPS) is 27.0. The maximum Gasteiger partial charge on any atom is 0.0446 e. The minimum absolute atomic E-state index is 0.404. The molecule has 0 aliphatic carbocycles. The fourth-order valence-corrected chi connectivity index (χ4v) is 2.34. The minimum atomic E-state index is 0.404. The molecule has 3 heteroatoms. The molecule has 1 fully saturated rings. The van der Waals surface area contributed by atoms with Crippen LogP contribution in [0.5, 0.6) is 0 Å². The molecule has 0 spiro atoms. The average Bonchev–Trinajstić information content (AvgIpc) is 2.30. The van der Waals surface area contributed by atoms with Gasteiger partial charge in [0.1, 0.15) is 0 Å². The van der Waals surface area contributed by atoms with Crippen LogP contribution in [0.2, 0.25) is 0 Å². The molecule has 0 radical (unpaired) electrons. The zero-order valence-corrected chi connectivity index (χ0v) is 9.59. The monoisotopic (exact) mass is 185 g/mol. The molecule has 1 atom stereocenters. The van der Waals surface area contributed by atoms with Crippen LogP contribution < -0.4 is 5.53 Å². The van der Waals surface area contributed by atoms with Crippen LogP contribution in [-0.4, -0.2) is 36.7 Å². The van der Waals surface area contributed by atoms with Crippen molar-refractivity contribution in [1.82, 2.24) is 15.6 Å². The number of hydrogen-bond donors (Lipinski definition) is 1. The van der Waals surface area contributed by atoms with E-state index in [1.54, 1.807) is 0 Å². The second kappa shape index (κ2) is 3.95. The molecule has 1 rings (SSSR count). The lowest BCUT2D eigenvalue weighted by atomic mass is 9.80. The second-order valence-electron chi connectivity index (χ2n) is 4.85. The molecule has 0 bridgehead atoms. The summed E-state index contributed by atoms with van der Waals surface area (Å²) in [6.45, 7) is 8.09. The molecule has 0 aromatic heterocycles. The molecule has 0 aromatic rings. The van der Waals surface area contributed by atoms with Crippen molar-refractivity contribution in [1.29, 1.82) is 0 Å². The molecule has 13 heavy (non-hydrogen) atoms. The summed E-state index contributed by atoms with van der Waals surface area (Å²) in [6.07, 6.45) is 2.55. The van der Waals surface area contributed by atoms with Crippen LogP contribution in [0.4, 0.5) is 0 Å². The Balaban J connectivity index is 2.60. The largest absolute Gasteiger partial charge is 0.232 e. The first-order valence-corrected chi connectivity index (χ1v) is 5.17. The summed E-state index contributed by atoms with van der Waals surface area (Å²) < 4.78 is 0. The molecule has 1 aliphatic heterocycles. The maximum absolute atomic E-state index is 3.30. The van der Waals surface area contributed by atoms with Gasteiger partial charge in [0, 0.05) is 26.7 Å². The van der Waals surface area contributed by atoms with Gasteiger partial charge in [-0.15, -0.1) is 0 Å². The van der Waals surface area contributed by atoms with Crippen molar-refractivity contribution >= 4 is 0 Å². The Morgan fingerprint density at radius 1 is 1.38 bits per heavy atom. The highest BCUT2D eigenvalue weighted by molar-refractivity contribution is 4.87. The van der Waals surface area contributed by atoms with E-state index in [1.165, 1.54) is 12.8 Å². The van der Waals surface area contributed by atoms with Gasteiger partial charge in [-0.25, -0.2) is 10.0 Å². The van der Waals surface area contributed by atoms with Crippen LogP contribution >= 0.6 is 0 Å². The molecule has 0 aromatic carbocycles. The Morgan fingerprint density at radius 3 is 2.38 bits per heavy atom. The topological polar surface area (TPSA) is 18.5 Å². The van der Waals surface area contributed by atoms with E-state index < -0.39 is 0 Å².